The minimum atomic E-state index is -0.544. The molecule has 1 rings (SSSR count). The monoisotopic (exact) mass is 347 g/mol. The zero-order chi connectivity index (χ0) is 8.43. The van der Waals surface area contributed by atoms with Crippen LogP contribution in [0, 0.1) is 39.7 Å². The summed E-state index contributed by atoms with van der Waals surface area (Å²) >= 11 is 0. The Hall–Kier alpha value is -0.672. The first-order valence-corrected chi connectivity index (χ1v) is 3.21. The summed E-state index contributed by atoms with van der Waals surface area (Å²) in [5, 5.41) is 0. The third kappa shape index (κ3) is 3.28. The summed E-state index contributed by atoms with van der Waals surface area (Å²) in [6.07, 6.45) is 0. The zero-order valence-corrected chi connectivity index (χ0v) is 10.7. The standard InChI is InChI=1S/C9H7FN.CH3.W/c1-6-4-7(2)9(11-3)8(10)5-6;;/h4H,1-2H3;1H3;/q2*-1;+2. The van der Waals surface area contributed by atoms with Crippen LogP contribution >= 0.6 is 0 Å². The Labute approximate surface area is 93.1 Å². The molecule has 3 heteroatoms. The molecule has 0 saturated heterocycles. The van der Waals surface area contributed by atoms with Crippen molar-refractivity contribution in [1.82, 2.24) is 0 Å². The number of hydrogen-bond donors (Lipinski definition) is 0. The van der Waals surface area contributed by atoms with Crippen molar-refractivity contribution in [2.45, 2.75) is 13.8 Å². The summed E-state index contributed by atoms with van der Waals surface area (Å²) in [6, 6.07) is 4.20. The van der Waals surface area contributed by atoms with E-state index >= 15 is 0 Å². The van der Waals surface area contributed by atoms with Crippen molar-refractivity contribution in [3.05, 3.63) is 47.9 Å². The van der Waals surface area contributed by atoms with E-state index in [-0.39, 0.29) is 34.2 Å². The first-order chi connectivity index (χ1) is 5.15. The van der Waals surface area contributed by atoms with Crippen molar-refractivity contribution in [2.24, 2.45) is 0 Å². The van der Waals surface area contributed by atoms with Crippen molar-refractivity contribution in [3.8, 4) is 0 Å². The Morgan fingerprint density at radius 1 is 1.46 bits per heavy atom. The number of benzene rings is 1. The summed E-state index contributed by atoms with van der Waals surface area (Å²) in [5.41, 5.74) is 1.48. The average Bonchev–Trinajstić information content (AvgIpc) is 1.85. The largest absolute Gasteiger partial charge is 2.00 e. The van der Waals surface area contributed by atoms with E-state index in [1.807, 2.05) is 0 Å². The Balaban J connectivity index is 0. The number of halogens is 1. The second-order valence-electron chi connectivity index (χ2n) is 2.41. The molecule has 0 saturated carbocycles. The minimum absolute atomic E-state index is 0. The summed E-state index contributed by atoms with van der Waals surface area (Å²) in [4.78, 5) is 3.05. The zero-order valence-electron chi connectivity index (χ0n) is 7.81. The maximum Gasteiger partial charge on any atom is 2.00 e. The van der Waals surface area contributed by atoms with E-state index in [0.29, 0.717) is 5.56 Å². The summed E-state index contributed by atoms with van der Waals surface area (Å²) in [7, 11) is 0. The minimum Gasteiger partial charge on any atom is -0.358 e. The molecular weight excluding hydrogens is 337 g/mol. The molecule has 13 heavy (non-hydrogen) atoms. The summed E-state index contributed by atoms with van der Waals surface area (Å²) in [5.74, 6) is -0.544. The van der Waals surface area contributed by atoms with E-state index in [1.165, 1.54) is 0 Å². The van der Waals surface area contributed by atoms with Gasteiger partial charge in [0.25, 0.3) is 0 Å². The molecule has 0 radical (unpaired) electrons. The second kappa shape index (κ2) is 5.89. The van der Waals surface area contributed by atoms with Crippen LogP contribution in [0.25, 0.3) is 4.85 Å². The normalized spacial score (nSPS) is 7.85. The second-order valence-corrected chi connectivity index (χ2v) is 2.41. The Kier molecular flexibility index (Phi) is 6.72. The van der Waals surface area contributed by atoms with Gasteiger partial charge in [0, 0.05) is 0 Å². The van der Waals surface area contributed by atoms with Gasteiger partial charge in [-0.25, -0.2) is 9.24 Å². The molecule has 0 spiro atoms. The first kappa shape index (κ1) is 14.8. The van der Waals surface area contributed by atoms with E-state index in [1.54, 1.807) is 19.9 Å². The van der Waals surface area contributed by atoms with E-state index < -0.39 is 5.82 Å². The van der Waals surface area contributed by atoms with Gasteiger partial charge in [0.2, 0.25) is 5.69 Å². The van der Waals surface area contributed by atoms with Gasteiger partial charge >= 0.3 is 21.1 Å². The van der Waals surface area contributed by atoms with Gasteiger partial charge in [0.05, 0.1) is 5.82 Å². The van der Waals surface area contributed by atoms with Crippen LogP contribution in [0.1, 0.15) is 11.1 Å². The molecule has 1 nitrogen and oxygen atoms in total. The van der Waals surface area contributed by atoms with Gasteiger partial charge in [-0.2, -0.15) is 11.6 Å². The molecule has 0 amide bonds. The van der Waals surface area contributed by atoms with Gasteiger partial charge < -0.3 is 7.43 Å². The Morgan fingerprint density at radius 2 is 2.00 bits per heavy atom. The quantitative estimate of drug-likeness (QED) is 0.635. The molecule has 0 aromatic heterocycles. The maximum absolute atomic E-state index is 12.8. The van der Waals surface area contributed by atoms with E-state index in [9.17, 15) is 4.39 Å². The first-order valence-electron chi connectivity index (χ1n) is 3.21. The smallest absolute Gasteiger partial charge is 0.358 e. The molecule has 1 aromatic rings. The number of nitrogens with zero attached hydrogens (tertiary/aromatic N) is 1. The average molecular weight is 347 g/mol. The fourth-order valence-corrected chi connectivity index (χ4v) is 0.972. The molecule has 0 aliphatic heterocycles. The molecule has 0 fully saturated rings. The van der Waals surface area contributed by atoms with Crippen molar-refractivity contribution >= 4 is 5.69 Å². The van der Waals surface area contributed by atoms with Crippen molar-refractivity contribution < 1.29 is 25.5 Å². The van der Waals surface area contributed by atoms with E-state index in [2.05, 4.69) is 10.9 Å². The van der Waals surface area contributed by atoms with Crippen LogP contribution in [0.5, 0.6) is 0 Å². The molecule has 0 unspecified atom stereocenters. The Morgan fingerprint density at radius 3 is 2.38 bits per heavy atom. The Bertz CT molecular complexity index is 305. The molecule has 0 aliphatic carbocycles. The van der Waals surface area contributed by atoms with Crippen LogP contribution < -0.4 is 0 Å². The molecule has 0 N–H and O–H groups in total. The topological polar surface area (TPSA) is 4.36 Å². The van der Waals surface area contributed by atoms with Crippen molar-refractivity contribution in [3.63, 3.8) is 0 Å². The van der Waals surface area contributed by atoms with Gasteiger partial charge in [0.15, 0.2) is 0 Å². The predicted molar refractivity (Wildman–Crippen MR) is 47.4 cm³/mol. The van der Waals surface area contributed by atoms with Crippen molar-refractivity contribution in [1.29, 1.82) is 0 Å². The fraction of sp³-hybridized carbons (Fsp3) is 0.200. The van der Waals surface area contributed by atoms with Gasteiger partial charge in [-0.15, -0.1) is 6.07 Å². The summed E-state index contributed by atoms with van der Waals surface area (Å²) in [6.45, 7) is 10.1. The predicted octanol–water partition coefficient (Wildman–Crippen LogP) is 3.24. The van der Waals surface area contributed by atoms with Gasteiger partial charge in [-0.1, -0.05) is 19.4 Å². The SMILES string of the molecule is [C-]#[N+]c1c(F)[c-]c(C)cc1C.[CH3-].[W+2]. The third-order valence-electron chi connectivity index (χ3n) is 1.43. The van der Waals surface area contributed by atoms with Gasteiger partial charge in [0.1, 0.15) is 6.57 Å². The molecule has 0 bridgehead atoms. The van der Waals surface area contributed by atoms with Crippen molar-refractivity contribution in [2.75, 3.05) is 0 Å². The molecule has 0 atom stereocenters. The summed E-state index contributed by atoms with van der Waals surface area (Å²) < 4.78 is 12.8. The van der Waals surface area contributed by atoms with Crippen LogP contribution in [-0.2, 0) is 21.1 Å². The van der Waals surface area contributed by atoms with Crippen LogP contribution in [0.3, 0.4) is 0 Å². The van der Waals surface area contributed by atoms with E-state index in [0.717, 1.165) is 5.56 Å². The third-order valence-corrected chi connectivity index (χ3v) is 1.43. The fourth-order valence-electron chi connectivity index (χ4n) is 0.972. The van der Waals surface area contributed by atoms with Crippen LogP contribution in [0.2, 0.25) is 0 Å². The van der Waals surface area contributed by atoms with Crippen LogP contribution in [0.4, 0.5) is 10.1 Å². The van der Waals surface area contributed by atoms with Gasteiger partial charge in [-0.05, 0) is 0 Å². The molecule has 1 aromatic carbocycles. The van der Waals surface area contributed by atoms with Gasteiger partial charge in [-0.3, -0.25) is 0 Å². The number of rotatable bonds is 0. The molecule has 68 valence electrons. The van der Waals surface area contributed by atoms with Crippen LogP contribution in [-0.4, -0.2) is 0 Å². The van der Waals surface area contributed by atoms with E-state index in [4.69, 9.17) is 6.57 Å². The molecule has 0 aliphatic rings. The van der Waals surface area contributed by atoms with Crippen LogP contribution in [0.15, 0.2) is 6.07 Å². The molecule has 0 heterocycles. The number of hydrogen-bond acceptors (Lipinski definition) is 0. The molecular formula is C10H10FNW. The number of aryl methyl sites for hydroxylation is 2. The maximum atomic E-state index is 12.8.